The summed E-state index contributed by atoms with van der Waals surface area (Å²) in [4.78, 5) is 11.9. The molecule has 1 aromatic carbocycles. The van der Waals surface area contributed by atoms with Crippen LogP contribution < -0.4 is 5.32 Å². The van der Waals surface area contributed by atoms with Crippen LogP contribution in [0.5, 0.6) is 0 Å². The third-order valence-electron chi connectivity index (χ3n) is 2.48. The number of nitrogens with one attached hydrogen (secondary N) is 1. The molecular weight excluding hydrogens is 277 g/mol. The molecule has 0 aliphatic rings. The molecule has 1 rings (SSSR count). The van der Waals surface area contributed by atoms with Gasteiger partial charge < -0.3 is 10.4 Å². The second-order valence-electron chi connectivity index (χ2n) is 4.19. The quantitative estimate of drug-likeness (QED) is 0.817. The van der Waals surface area contributed by atoms with E-state index in [1.54, 1.807) is 11.8 Å². The Bertz CT molecular complexity index is 522. The van der Waals surface area contributed by atoms with Gasteiger partial charge in [0.2, 0.25) is 0 Å². The van der Waals surface area contributed by atoms with E-state index in [0.717, 1.165) is 17.6 Å². The topological polar surface area (TPSA) is 49.3 Å². The van der Waals surface area contributed by atoms with Crippen LogP contribution in [0.1, 0.15) is 29.8 Å². The summed E-state index contributed by atoms with van der Waals surface area (Å²) in [6.07, 6.45) is 0. The van der Waals surface area contributed by atoms with Crippen LogP contribution in [0.25, 0.3) is 0 Å². The molecular formula is C15H18FNO2S. The van der Waals surface area contributed by atoms with Gasteiger partial charge in [0, 0.05) is 17.4 Å². The number of carbonyl (C=O) groups is 1. The molecule has 0 aliphatic carbocycles. The van der Waals surface area contributed by atoms with E-state index >= 15 is 0 Å². The number of hydrogen-bond acceptors (Lipinski definition) is 3. The maximum atomic E-state index is 13.7. The van der Waals surface area contributed by atoms with Crippen LogP contribution in [0.3, 0.4) is 0 Å². The van der Waals surface area contributed by atoms with Crippen molar-refractivity contribution < 1.29 is 14.3 Å². The van der Waals surface area contributed by atoms with Crippen molar-refractivity contribution in [3.05, 3.63) is 35.1 Å². The number of amides is 1. The number of aliphatic hydroxyl groups is 1. The number of halogens is 1. The lowest BCUT2D eigenvalue weighted by Crippen LogP contribution is -2.34. The largest absolute Gasteiger partial charge is 0.384 e. The molecule has 1 aromatic rings. The number of carbonyl (C=O) groups excluding carboxylic acids is 1. The van der Waals surface area contributed by atoms with Gasteiger partial charge in [0.05, 0.1) is 5.56 Å². The molecule has 1 unspecified atom stereocenters. The highest BCUT2D eigenvalue weighted by atomic mass is 32.2. The number of hydrogen-bond donors (Lipinski definition) is 2. The Morgan fingerprint density at radius 1 is 1.55 bits per heavy atom. The first-order valence-corrected chi connectivity index (χ1v) is 7.51. The van der Waals surface area contributed by atoms with E-state index in [0.29, 0.717) is 0 Å². The van der Waals surface area contributed by atoms with Crippen molar-refractivity contribution in [2.24, 2.45) is 0 Å². The molecule has 0 saturated carbocycles. The van der Waals surface area contributed by atoms with Crippen molar-refractivity contribution in [3.63, 3.8) is 0 Å². The van der Waals surface area contributed by atoms with E-state index in [-0.39, 0.29) is 29.7 Å². The van der Waals surface area contributed by atoms with Gasteiger partial charge in [0.25, 0.3) is 5.91 Å². The smallest absolute Gasteiger partial charge is 0.251 e. The van der Waals surface area contributed by atoms with Gasteiger partial charge in [0.1, 0.15) is 12.4 Å². The zero-order chi connectivity index (χ0) is 15.0. The molecule has 108 valence electrons. The fraction of sp³-hybridized carbons (Fsp3) is 0.400. The maximum absolute atomic E-state index is 13.7. The SMILES string of the molecule is CCSCC(C)NC(=O)c1ccc(C#CCO)c(F)c1. The lowest BCUT2D eigenvalue weighted by Gasteiger charge is -2.13. The van der Waals surface area contributed by atoms with Crippen molar-refractivity contribution in [1.29, 1.82) is 0 Å². The summed E-state index contributed by atoms with van der Waals surface area (Å²) in [6, 6.07) is 4.17. The van der Waals surface area contributed by atoms with Crippen LogP contribution in [0, 0.1) is 17.7 Å². The Balaban J connectivity index is 2.72. The fourth-order valence-corrected chi connectivity index (χ4v) is 2.21. The summed E-state index contributed by atoms with van der Waals surface area (Å²) >= 11 is 1.74. The summed E-state index contributed by atoms with van der Waals surface area (Å²) in [6.45, 7) is 3.65. The van der Waals surface area contributed by atoms with Crippen molar-refractivity contribution in [1.82, 2.24) is 5.32 Å². The molecule has 0 aromatic heterocycles. The monoisotopic (exact) mass is 295 g/mol. The van der Waals surface area contributed by atoms with E-state index in [1.165, 1.54) is 12.1 Å². The highest BCUT2D eigenvalue weighted by Gasteiger charge is 2.11. The van der Waals surface area contributed by atoms with Gasteiger partial charge in [-0.15, -0.1) is 0 Å². The molecule has 2 N–H and O–H groups in total. The molecule has 5 heteroatoms. The Morgan fingerprint density at radius 2 is 2.30 bits per heavy atom. The molecule has 0 aliphatic heterocycles. The number of aliphatic hydroxyl groups excluding tert-OH is 1. The minimum atomic E-state index is -0.561. The predicted molar refractivity (Wildman–Crippen MR) is 80.3 cm³/mol. The average molecular weight is 295 g/mol. The van der Waals surface area contributed by atoms with Crippen LogP contribution >= 0.6 is 11.8 Å². The zero-order valence-electron chi connectivity index (χ0n) is 11.6. The van der Waals surface area contributed by atoms with E-state index in [1.807, 2.05) is 6.92 Å². The lowest BCUT2D eigenvalue weighted by atomic mass is 10.1. The highest BCUT2D eigenvalue weighted by molar-refractivity contribution is 7.99. The van der Waals surface area contributed by atoms with E-state index in [2.05, 4.69) is 24.1 Å². The summed E-state index contributed by atoms with van der Waals surface area (Å²) < 4.78 is 13.7. The molecule has 0 heterocycles. The highest BCUT2D eigenvalue weighted by Crippen LogP contribution is 2.10. The third-order valence-corrected chi connectivity index (χ3v) is 3.63. The lowest BCUT2D eigenvalue weighted by molar-refractivity contribution is 0.0943. The van der Waals surface area contributed by atoms with Gasteiger partial charge >= 0.3 is 0 Å². The van der Waals surface area contributed by atoms with Crippen molar-refractivity contribution in [2.75, 3.05) is 18.1 Å². The summed E-state index contributed by atoms with van der Waals surface area (Å²) in [5.74, 6) is 5.82. The number of benzene rings is 1. The standard InChI is InChI=1S/C15H18FNO2S/c1-3-20-10-11(2)17-15(19)13-7-6-12(5-4-8-18)14(16)9-13/h6-7,9,11,18H,3,8,10H2,1-2H3,(H,17,19). The normalized spacial score (nSPS) is 11.4. The van der Waals surface area contributed by atoms with Gasteiger partial charge in [-0.25, -0.2) is 4.39 Å². The molecule has 1 amide bonds. The van der Waals surface area contributed by atoms with E-state index in [9.17, 15) is 9.18 Å². The Morgan fingerprint density at radius 3 is 2.90 bits per heavy atom. The Labute approximate surface area is 123 Å². The predicted octanol–water partition coefficient (Wildman–Crippen LogP) is 2.04. The van der Waals surface area contributed by atoms with Crippen LogP contribution in [-0.2, 0) is 0 Å². The first-order valence-electron chi connectivity index (χ1n) is 6.36. The number of rotatable bonds is 5. The van der Waals surface area contributed by atoms with Gasteiger partial charge in [0.15, 0.2) is 0 Å². The van der Waals surface area contributed by atoms with E-state index in [4.69, 9.17) is 5.11 Å². The van der Waals surface area contributed by atoms with Crippen LogP contribution in [0.2, 0.25) is 0 Å². The Hall–Kier alpha value is -1.51. The minimum absolute atomic E-state index is 0.0318. The summed E-state index contributed by atoms with van der Waals surface area (Å²) in [5.41, 5.74) is 0.440. The molecule has 0 radical (unpaired) electrons. The molecule has 0 bridgehead atoms. The first kappa shape index (κ1) is 16.5. The molecule has 0 spiro atoms. The van der Waals surface area contributed by atoms with Crippen LogP contribution in [0.4, 0.5) is 4.39 Å². The van der Waals surface area contributed by atoms with Crippen molar-refractivity contribution in [3.8, 4) is 11.8 Å². The van der Waals surface area contributed by atoms with Crippen LogP contribution in [-0.4, -0.2) is 35.2 Å². The molecule has 1 atom stereocenters. The van der Waals surface area contributed by atoms with Gasteiger partial charge in [-0.05, 0) is 30.9 Å². The zero-order valence-corrected chi connectivity index (χ0v) is 12.4. The van der Waals surface area contributed by atoms with Crippen molar-refractivity contribution >= 4 is 17.7 Å². The maximum Gasteiger partial charge on any atom is 0.251 e. The minimum Gasteiger partial charge on any atom is -0.384 e. The van der Waals surface area contributed by atoms with E-state index < -0.39 is 5.82 Å². The molecule has 20 heavy (non-hydrogen) atoms. The molecule has 3 nitrogen and oxygen atoms in total. The average Bonchev–Trinajstić information content (AvgIpc) is 2.43. The van der Waals surface area contributed by atoms with Gasteiger partial charge in [-0.2, -0.15) is 11.8 Å². The second kappa shape index (κ2) is 8.62. The molecule has 0 saturated heterocycles. The summed E-state index contributed by atoms with van der Waals surface area (Å²) in [7, 11) is 0. The second-order valence-corrected chi connectivity index (χ2v) is 5.51. The van der Waals surface area contributed by atoms with Gasteiger partial charge in [-0.1, -0.05) is 18.8 Å². The van der Waals surface area contributed by atoms with Gasteiger partial charge in [-0.3, -0.25) is 4.79 Å². The fourth-order valence-electron chi connectivity index (χ4n) is 1.54. The third kappa shape index (κ3) is 5.24. The van der Waals surface area contributed by atoms with Crippen molar-refractivity contribution in [2.45, 2.75) is 19.9 Å². The summed E-state index contributed by atoms with van der Waals surface area (Å²) in [5, 5.41) is 11.4. The molecule has 0 fully saturated rings. The van der Waals surface area contributed by atoms with Crippen LogP contribution in [0.15, 0.2) is 18.2 Å². The number of thioether (sulfide) groups is 1. The first-order chi connectivity index (χ1) is 9.58. The Kier molecular flexibility index (Phi) is 7.13.